The maximum atomic E-state index is 5.22. The van der Waals surface area contributed by atoms with Crippen molar-refractivity contribution in [3.63, 3.8) is 0 Å². The molecule has 2 rings (SSSR count). The number of rotatable bonds is 4. The van der Waals surface area contributed by atoms with Gasteiger partial charge in [-0.1, -0.05) is 5.16 Å². The number of hydrogen-bond acceptors (Lipinski definition) is 5. The maximum Gasteiger partial charge on any atom is 0.231 e. The largest absolute Gasteiger partial charge is 0.339 e. The Labute approximate surface area is 83.3 Å². The molecule has 1 fully saturated rings. The van der Waals surface area contributed by atoms with Crippen molar-refractivity contribution in [3.05, 3.63) is 11.7 Å². The van der Waals surface area contributed by atoms with E-state index in [0.717, 1.165) is 44.2 Å². The first kappa shape index (κ1) is 9.61. The van der Waals surface area contributed by atoms with E-state index in [4.69, 9.17) is 4.52 Å². The lowest BCUT2D eigenvalue weighted by molar-refractivity contribution is 0.354. The molecule has 1 unspecified atom stereocenters. The summed E-state index contributed by atoms with van der Waals surface area (Å²) in [5.41, 5.74) is 0. The van der Waals surface area contributed by atoms with Crippen LogP contribution in [0.15, 0.2) is 4.52 Å². The van der Waals surface area contributed by atoms with E-state index < -0.39 is 0 Å². The topological polar surface area (TPSA) is 63.0 Å². The zero-order chi connectivity index (χ0) is 9.80. The van der Waals surface area contributed by atoms with Gasteiger partial charge in [0, 0.05) is 19.5 Å². The highest BCUT2D eigenvalue weighted by Gasteiger charge is 2.22. The second-order valence-corrected chi connectivity index (χ2v) is 3.59. The first-order valence-electron chi connectivity index (χ1n) is 5.08. The molecule has 0 spiro atoms. The highest BCUT2D eigenvalue weighted by Crippen LogP contribution is 2.19. The summed E-state index contributed by atoms with van der Waals surface area (Å²) in [5, 5.41) is 10.3. The summed E-state index contributed by atoms with van der Waals surface area (Å²) in [6, 6.07) is 0. The summed E-state index contributed by atoms with van der Waals surface area (Å²) in [7, 11) is 1.92. The van der Waals surface area contributed by atoms with Crippen LogP contribution in [-0.2, 0) is 6.42 Å². The minimum absolute atomic E-state index is 0.422. The van der Waals surface area contributed by atoms with Gasteiger partial charge in [0.2, 0.25) is 5.89 Å². The molecule has 5 nitrogen and oxygen atoms in total. The van der Waals surface area contributed by atoms with Crippen molar-refractivity contribution >= 4 is 0 Å². The predicted octanol–water partition coefficient (Wildman–Crippen LogP) is -0.0916. The van der Waals surface area contributed by atoms with E-state index >= 15 is 0 Å². The lowest BCUT2D eigenvalue weighted by atomic mass is 10.1. The fourth-order valence-electron chi connectivity index (χ4n) is 1.64. The third kappa shape index (κ3) is 2.10. The molecule has 14 heavy (non-hydrogen) atoms. The van der Waals surface area contributed by atoms with E-state index in [-0.39, 0.29) is 0 Å². The minimum atomic E-state index is 0.422. The lowest BCUT2D eigenvalue weighted by Gasteiger charge is -1.98. The van der Waals surface area contributed by atoms with Crippen molar-refractivity contribution < 1.29 is 4.52 Å². The van der Waals surface area contributed by atoms with Crippen LogP contribution < -0.4 is 10.6 Å². The normalized spacial score (nSPS) is 21.6. The van der Waals surface area contributed by atoms with E-state index in [2.05, 4.69) is 20.8 Å². The van der Waals surface area contributed by atoms with Gasteiger partial charge in [0.1, 0.15) is 0 Å². The predicted molar refractivity (Wildman–Crippen MR) is 52.2 cm³/mol. The minimum Gasteiger partial charge on any atom is -0.339 e. The molecule has 0 saturated carbocycles. The number of nitrogens with one attached hydrogen (secondary N) is 2. The van der Waals surface area contributed by atoms with Crippen LogP contribution in [0.3, 0.4) is 0 Å². The van der Waals surface area contributed by atoms with Crippen molar-refractivity contribution in [2.24, 2.45) is 0 Å². The van der Waals surface area contributed by atoms with E-state index in [1.807, 2.05) is 7.05 Å². The van der Waals surface area contributed by atoms with Gasteiger partial charge in [0.05, 0.1) is 5.92 Å². The van der Waals surface area contributed by atoms with Crippen LogP contribution >= 0.6 is 0 Å². The molecule has 2 heterocycles. The van der Waals surface area contributed by atoms with Crippen molar-refractivity contribution in [3.8, 4) is 0 Å². The summed E-state index contributed by atoms with van der Waals surface area (Å²) in [6.07, 6.45) is 1.94. The summed E-state index contributed by atoms with van der Waals surface area (Å²) in [4.78, 5) is 4.37. The molecule has 0 amide bonds. The van der Waals surface area contributed by atoms with Gasteiger partial charge < -0.3 is 15.2 Å². The molecule has 1 atom stereocenters. The molecule has 78 valence electrons. The van der Waals surface area contributed by atoms with E-state index in [0.29, 0.717) is 5.92 Å². The number of aromatic nitrogens is 2. The highest BCUT2D eigenvalue weighted by molar-refractivity contribution is 4.98. The van der Waals surface area contributed by atoms with Crippen molar-refractivity contribution in [2.45, 2.75) is 18.8 Å². The maximum absolute atomic E-state index is 5.22. The highest BCUT2D eigenvalue weighted by atomic mass is 16.5. The van der Waals surface area contributed by atoms with E-state index in [9.17, 15) is 0 Å². The molecule has 5 heteroatoms. The summed E-state index contributed by atoms with van der Waals surface area (Å²) in [6.45, 7) is 2.91. The first-order chi connectivity index (χ1) is 6.90. The SMILES string of the molecule is CNCCc1noc(C2CCNC2)n1. The Morgan fingerprint density at radius 3 is 3.29 bits per heavy atom. The molecule has 0 aliphatic carbocycles. The second kappa shape index (κ2) is 4.52. The molecular weight excluding hydrogens is 180 g/mol. The molecule has 0 radical (unpaired) electrons. The lowest BCUT2D eigenvalue weighted by Crippen LogP contribution is -2.11. The van der Waals surface area contributed by atoms with Gasteiger partial charge in [-0.2, -0.15) is 4.98 Å². The molecule has 1 aliphatic rings. The summed E-state index contributed by atoms with van der Waals surface area (Å²) >= 11 is 0. The fourth-order valence-corrected chi connectivity index (χ4v) is 1.64. The number of hydrogen-bond donors (Lipinski definition) is 2. The average molecular weight is 196 g/mol. The third-order valence-electron chi connectivity index (χ3n) is 2.49. The Kier molecular flexibility index (Phi) is 3.10. The number of likely N-dealkylation sites (N-methyl/N-ethyl adjacent to an activating group) is 1. The van der Waals surface area contributed by atoms with Gasteiger partial charge in [-0.05, 0) is 20.0 Å². The van der Waals surface area contributed by atoms with Crippen LogP contribution in [0.4, 0.5) is 0 Å². The Morgan fingerprint density at radius 1 is 1.64 bits per heavy atom. The third-order valence-corrected chi connectivity index (χ3v) is 2.49. The Hall–Kier alpha value is -0.940. The quantitative estimate of drug-likeness (QED) is 0.704. The van der Waals surface area contributed by atoms with E-state index in [1.54, 1.807) is 0 Å². The van der Waals surface area contributed by atoms with Crippen molar-refractivity contribution in [1.29, 1.82) is 0 Å². The van der Waals surface area contributed by atoms with Crippen LogP contribution in [0.25, 0.3) is 0 Å². The molecule has 1 aromatic rings. The van der Waals surface area contributed by atoms with Crippen LogP contribution in [-0.4, -0.2) is 36.8 Å². The van der Waals surface area contributed by atoms with E-state index in [1.165, 1.54) is 0 Å². The molecule has 1 aliphatic heterocycles. The standard InChI is InChI=1S/C9H16N4O/c1-10-4-3-8-12-9(14-13-8)7-2-5-11-6-7/h7,10-11H,2-6H2,1H3. The molecular formula is C9H16N4O. The van der Waals surface area contributed by atoms with Gasteiger partial charge in [0.15, 0.2) is 5.82 Å². The molecule has 0 aromatic carbocycles. The molecule has 0 bridgehead atoms. The zero-order valence-corrected chi connectivity index (χ0v) is 8.42. The Morgan fingerprint density at radius 2 is 2.57 bits per heavy atom. The molecule has 1 aromatic heterocycles. The summed E-state index contributed by atoms with van der Waals surface area (Å²) in [5.74, 6) is 2.02. The van der Waals surface area contributed by atoms with Gasteiger partial charge in [-0.3, -0.25) is 0 Å². The molecule has 2 N–H and O–H groups in total. The Bertz CT molecular complexity index is 280. The van der Waals surface area contributed by atoms with Crippen LogP contribution in [0.1, 0.15) is 24.1 Å². The van der Waals surface area contributed by atoms with Crippen LogP contribution in [0, 0.1) is 0 Å². The first-order valence-corrected chi connectivity index (χ1v) is 5.08. The van der Waals surface area contributed by atoms with Crippen LogP contribution in [0.2, 0.25) is 0 Å². The van der Waals surface area contributed by atoms with Crippen LogP contribution in [0.5, 0.6) is 0 Å². The summed E-state index contributed by atoms with van der Waals surface area (Å²) < 4.78 is 5.22. The average Bonchev–Trinajstić information content (AvgIpc) is 2.85. The number of nitrogens with zero attached hydrogens (tertiary/aromatic N) is 2. The Balaban J connectivity index is 1.94. The monoisotopic (exact) mass is 196 g/mol. The van der Waals surface area contributed by atoms with Gasteiger partial charge in [-0.15, -0.1) is 0 Å². The van der Waals surface area contributed by atoms with Gasteiger partial charge >= 0.3 is 0 Å². The van der Waals surface area contributed by atoms with Gasteiger partial charge in [-0.25, -0.2) is 0 Å². The zero-order valence-electron chi connectivity index (χ0n) is 8.42. The fraction of sp³-hybridized carbons (Fsp3) is 0.778. The second-order valence-electron chi connectivity index (χ2n) is 3.59. The molecule has 1 saturated heterocycles. The van der Waals surface area contributed by atoms with Gasteiger partial charge in [0.25, 0.3) is 0 Å². The van der Waals surface area contributed by atoms with Crippen molar-refractivity contribution in [2.75, 3.05) is 26.7 Å². The van der Waals surface area contributed by atoms with Crippen molar-refractivity contribution in [1.82, 2.24) is 20.8 Å². The smallest absolute Gasteiger partial charge is 0.231 e.